The Morgan fingerprint density at radius 2 is 2.00 bits per heavy atom. The Labute approximate surface area is 115 Å². The van der Waals surface area contributed by atoms with E-state index in [1.54, 1.807) is 0 Å². The van der Waals surface area contributed by atoms with Crippen LogP contribution >= 0.6 is 0 Å². The molecule has 0 radical (unpaired) electrons. The van der Waals surface area contributed by atoms with Crippen molar-refractivity contribution in [2.24, 2.45) is 11.8 Å². The topological polar surface area (TPSA) is 52.6 Å². The minimum atomic E-state index is -0.681. The molecule has 0 bridgehead atoms. The van der Waals surface area contributed by atoms with E-state index >= 15 is 0 Å². The van der Waals surface area contributed by atoms with Crippen molar-refractivity contribution in [1.29, 1.82) is 0 Å². The molecule has 1 aliphatic heterocycles. The summed E-state index contributed by atoms with van der Waals surface area (Å²) in [5, 5.41) is 13.3. The second-order valence-electron chi connectivity index (χ2n) is 7.09. The molecule has 19 heavy (non-hydrogen) atoms. The second kappa shape index (κ2) is 4.74. The second-order valence-corrected chi connectivity index (χ2v) is 7.09. The van der Waals surface area contributed by atoms with Crippen LogP contribution in [0.25, 0.3) is 0 Å². The molecule has 3 fully saturated rings. The largest absolute Gasteiger partial charge is 0.480 e. The molecule has 2 aliphatic carbocycles. The lowest BCUT2D eigenvalue weighted by Gasteiger charge is -2.36. The molecule has 0 aromatic carbocycles. The summed E-state index contributed by atoms with van der Waals surface area (Å²) in [7, 11) is 0. The number of carboxylic acids is 1. The van der Waals surface area contributed by atoms with Crippen molar-refractivity contribution in [1.82, 2.24) is 10.2 Å². The number of carbonyl (C=O) groups is 1. The summed E-state index contributed by atoms with van der Waals surface area (Å²) in [5.41, 5.74) is -0.681. The minimum Gasteiger partial charge on any atom is -0.480 e. The molecular weight excluding hydrogens is 240 g/mol. The third-order valence-corrected chi connectivity index (χ3v) is 5.06. The fraction of sp³-hybridized carbons (Fsp3) is 0.933. The summed E-state index contributed by atoms with van der Waals surface area (Å²) in [5.74, 6) is 0.406. The van der Waals surface area contributed by atoms with E-state index in [0.717, 1.165) is 32.2 Å². The number of nitrogens with zero attached hydrogens (tertiary/aromatic N) is 1. The molecule has 1 heterocycles. The van der Waals surface area contributed by atoms with Crippen LogP contribution in [0.1, 0.15) is 46.0 Å². The molecule has 0 spiro atoms. The van der Waals surface area contributed by atoms with Gasteiger partial charge < -0.3 is 5.11 Å². The summed E-state index contributed by atoms with van der Waals surface area (Å²) >= 11 is 0. The SMILES string of the molecule is CC1CC(C)N(CC(NC2CC2)(C(=O)O)C2CC2)C1. The van der Waals surface area contributed by atoms with Crippen molar-refractivity contribution in [2.75, 3.05) is 13.1 Å². The average molecular weight is 266 g/mol. The zero-order chi connectivity index (χ0) is 13.6. The maximum atomic E-state index is 12.0. The van der Waals surface area contributed by atoms with Crippen LogP contribution in [0.4, 0.5) is 0 Å². The highest BCUT2D eigenvalue weighted by atomic mass is 16.4. The zero-order valence-electron chi connectivity index (χ0n) is 12.1. The molecule has 2 N–H and O–H groups in total. The summed E-state index contributed by atoms with van der Waals surface area (Å²) in [6.07, 6.45) is 5.64. The van der Waals surface area contributed by atoms with Crippen LogP contribution in [0.15, 0.2) is 0 Å². The summed E-state index contributed by atoms with van der Waals surface area (Å²) < 4.78 is 0. The molecule has 4 nitrogen and oxygen atoms in total. The fourth-order valence-corrected chi connectivity index (χ4v) is 3.69. The molecule has 3 rings (SSSR count). The van der Waals surface area contributed by atoms with Crippen molar-refractivity contribution in [3.05, 3.63) is 0 Å². The van der Waals surface area contributed by atoms with Gasteiger partial charge in [0.15, 0.2) is 0 Å². The first-order valence-electron chi connectivity index (χ1n) is 7.76. The van der Waals surface area contributed by atoms with E-state index in [4.69, 9.17) is 0 Å². The predicted molar refractivity (Wildman–Crippen MR) is 74.1 cm³/mol. The lowest BCUT2D eigenvalue weighted by molar-refractivity contribution is -0.147. The van der Waals surface area contributed by atoms with Crippen LogP contribution in [0.2, 0.25) is 0 Å². The Balaban J connectivity index is 1.75. The first-order valence-corrected chi connectivity index (χ1v) is 7.76. The number of aliphatic carboxylic acids is 1. The number of hydrogen-bond donors (Lipinski definition) is 2. The minimum absolute atomic E-state index is 0.341. The number of nitrogens with one attached hydrogen (secondary N) is 1. The number of carboxylic acid groups (broad SMARTS) is 1. The summed E-state index contributed by atoms with van der Waals surface area (Å²) in [6, 6.07) is 0.973. The van der Waals surface area contributed by atoms with Gasteiger partial charge in [-0.25, -0.2) is 0 Å². The average Bonchev–Trinajstić information content (AvgIpc) is 3.20. The van der Waals surface area contributed by atoms with Gasteiger partial charge in [0.25, 0.3) is 0 Å². The third-order valence-electron chi connectivity index (χ3n) is 5.06. The molecule has 108 valence electrons. The number of hydrogen-bond acceptors (Lipinski definition) is 3. The van der Waals surface area contributed by atoms with Gasteiger partial charge in [-0.15, -0.1) is 0 Å². The Bertz CT molecular complexity index is 365. The van der Waals surface area contributed by atoms with E-state index in [1.165, 1.54) is 6.42 Å². The van der Waals surface area contributed by atoms with Crippen molar-refractivity contribution in [3.63, 3.8) is 0 Å². The molecule has 4 heteroatoms. The summed E-state index contributed by atoms with van der Waals surface area (Å²) in [6.45, 7) is 6.24. The lowest BCUT2D eigenvalue weighted by atomic mass is 9.91. The summed E-state index contributed by atoms with van der Waals surface area (Å²) in [4.78, 5) is 14.3. The number of rotatable bonds is 6. The van der Waals surface area contributed by atoms with E-state index in [1.807, 2.05) is 0 Å². The lowest BCUT2D eigenvalue weighted by Crippen LogP contribution is -2.61. The Kier molecular flexibility index (Phi) is 3.34. The Hall–Kier alpha value is -0.610. The zero-order valence-corrected chi connectivity index (χ0v) is 12.1. The molecule has 3 atom stereocenters. The molecule has 1 saturated heterocycles. The maximum Gasteiger partial charge on any atom is 0.325 e. The number of likely N-dealkylation sites (tertiary alicyclic amines) is 1. The van der Waals surface area contributed by atoms with Crippen LogP contribution in [0.3, 0.4) is 0 Å². The van der Waals surface area contributed by atoms with Gasteiger partial charge in [0, 0.05) is 25.2 Å². The van der Waals surface area contributed by atoms with Crippen molar-refractivity contribution >= 4 is 5.97 Å². The van der Waals surface area contributed by atoms with E-state index in [0.29, 0.717) is 30.5 Å². The molecule has 0 amide bonds. The van der Waals surface area contributed by atoms with Crippen LogP contribution in [-0.2, 0) is 4.79 Å². The van der Waals surface area contributed by atoms with Gasteiger partial charge in [0.2, 0.25) is 0 Å². The van der Waals surface area contributed by atoms with Gasteiger partial charge in [0.05, 0.1) is 0 Å². The maximum absolute atomic E-state index is 12.0. The quantitative estimate of drug-likeness (QED) is 0.768. The van der Waals surface area contributed by atoms with Gasteiger partial charge >= 0.3 is 5.97 Å². The van der Waals surface area contributed by atoms with Gasteiger partial charge in [-0.2, -0.15) is 0 Å². The van der Waals surface area contributed by atoms with Crippen molar-refractivity contribution in [3.8, 4) is 0 Å². The highest BCUT2D eigenvalue weighted by molar-refractivity contribution is 5.80. The van der Waals surface area contributed by atoms with Gasteiger partial charge in [-0.3, -0.25) is 15.0 Å². The van der Waals surface area contributed by atoms with Crippen molar-refractivity contribution in [2.45, 2.75) is 63.6 Å². The monoisotopic (exact) mass is 266 g/mol. The van der Waals surface area contributed by atoms with E-state index in [9.17, 15) is 9.90 Å². The highest BCUT2D eigenvalue weighted by Gasteiger charge is 2.54. The predicted octanol–water partition coefficient (Wildman–Crippen LogP) is 1.70. The fourth-order valence-electron chi connectivity index (χ4n) is 3.69. The van der Waals surface area contributed by atoms with Gasteiger partial charge in [-0.05, 0) is 50.9 Å². The molecule has 2 saturated carbocycles. The van der Waals surface area contributed by atoms with E-state index in [-0.39, 0.29) is 0 Å². The molecule has 3 unspecified atom stereocenters. The van der Waals surface area contributed by atoms with Crippen molar-refractivity contribution < 1.29 is 9.90 Å². The van der Waals surface area contributed by atoms with Gasteiger partial charge in [0.1, 0.15) is 5.54 Å². The Morgan fingerprint density at radius 1 is 1.32 bits per heavy atom. The van der Waals surface area contributed by atoms with Crippen LogP contribution in [0.5, 0.6) is 0 Å². The molecular formula is C15H26N2O2. The normalized spacial score (nSPS) is 35.3. The first-order chi connectivity index (χ1) is 9.01. The standard InChI is InChI=1S/C15H26N2O2/c1-10-7-11(2)17(8-10)9-15(14(18)19,12-3-4-12)16-13-5-6-13/h10-13,16H,3-9H2,1-2H3,(H,18,19). The highest BCUT2D eigenvalue weighted by Crippen LogP contribution is 2.43. The molecule has 0 aromatic rings. The first kappa shape index (κ1) is 13.4. The smallest absolute Gasteiger partial charge is 0.325 e. The van der Waals surface area contributed by atoms with Crippen LogP contribution < -0.4 is 5.32 Å². The van der Waals surface area contributed by atoms with Gasteiger partial charge in [-0.1, -0.05) is 6.92 Å². The van der Waals surface area contributed by atoms with E-state index in [2.05, 4.69) is 24.1 Å². The Morgan fingerprint density at radius 3 is 2.42 bits per heavy atom. The van der Waals surface area contributed by atoms with Crippen LogP contribution in [-0.4, -0.2) is 46.7 Å². The van der Waals surface area contributed by atoms with Crippen LogP contribution in [0, 0.1) is 11.8 Å². The molecule has 0 aromatic heterocycles. The third kappa shape index (κ3) is 2.65. The van der Waals surface area contributed by atoms with E-state index < -0.39 is 11.5 Å². The molecule has 3 aliphatic rings.